The molecule has 0 aromatic heterocycles. The molecule has 19 heavy (non-hydrogen) atoms. The summed E-state index contributed by atoms with van der Waals surface area (Å²) in [6.45, 7) is 6.22. The maximum absolute atomic E-state index is 6.27. The molecule has 2 N–H and O–H groups in total. The van der Waals surface area contributed by atoms with Crippen molar-refractivity contribution in [1.82, 2.24) is 4.90 Å². The van der Waals surface area contributed by atoms with Crippen LogP contribution in [0.1, 0.15) is 37.8 Å². The van der Waals surface area contributed by atoms with Gasteiger partial charge in [0.05, 0.1) is 6.10 Å². The van der Waals surface area contributed by atoms with Crippen LogP contribution in [0.4, 0.5) is 0 Å². The highest BCUT2D eigenvalue weighted by molar-refractivity contribution is 5.18. The molecule has 2 rings (SSSR count). The van der Waals surface area contributed by atoms with Gasteiger partial charge in [-0.15, -0.1) is 0 Å². The first-order valence-corrected chi connectivity index (χ1v) is 7.44. The minimum Gasteiger partial charge on any atom is -0.378 e. The molecule has 1 saturated heterocycles. The van der Waals surface area contributed by atoms with Gasteiger partial charge in [0.25, 0.3) is 0 Å². The lowest BCUT2D eigenvalue weighted by Crippen LogP contribution is -2.40. The second-order valence-electron chi connectivity index (χ2n) is 5.39. The largest absolute Gasteiger partial charge is 0.378 e. The number of benzene rings is 1. The highest BCUT2D eigenvalue weighted by atomic mass is 16.5. The average Bonchev–Trinajstić information content (AvgIpc) is 2.47. The van der Waals surface area contributed by atoms with Crippen LogP contribution >= 0.6 is 0 Å². The zero-order valence-corrected chi connectivity index (χ0v) is 11.9. The molecule has 1 aliphatic heterocycles. The Hall–Kier alpha value is -0.900. The van der Waals surface area contributed by atoms with Gasteiger partial charge in [-0.05, 0) is 24.8 Å². The zero-order valence-electron chi connectivity index (χ0n) is 11.9. The van der Waals surface area contributed by atoms with Crippen LogP contribution in [0.5, 0.6) is 0 Å². The van der Waals surface area contributed by atoms with Crippen LogP contribution < -0.4 is 5.73 Å². The normalized spacial score (nSPS) is 19.5. The van der Waals surface area contributed by atoms with Gasteiger partial charge in [-0.2, -0.15) is 0 Å². The molecule has 0 amide bonds. The van der Waals surface area contributed by atoms with Crippen molar-refractivity contribution in [3.05, 3.63) is 35.9 Å². The zero-order chi connectivity index (χ0) is 13.5. The van der Waals surface area contributed by atoms with E-state index in [-0.39, 0.29) is 6.04 Å². The van der Waals surface area contributed by atoms with E-state index in [1.54, 1.807) is 0 Å². The fourth-order valence-corrected chi connectivity index (χ4v) is 2.63. The fourth-order valence-electron chi connectivity index (χ4n) is 2.63. The van der Waals surface area contributed by atoms with Crippen LogP contribution in [-0.4, -0.2) is 37.2 Å². The molecule has 3 heteroatoms. The molecule has 1 atom stereocenters. The molecule has 0 saturated carbocycles. The van der Waals surface area contributed by atoms with Crippen molar-refractivity contribution < 1.29 is 4.74 Å². The third-order valence-electron chi connectivity index (χ3n) is 3.77. The first-order chi connectivity index (χ1) is 9.29. The van der Waals surface area contributed by atoms with E-state index in [1.165, 1.54) is 5.56 Å². The van der Waals surface area contributed by atoms with Crippen LogP contribution in [0.2, 0.25) is 0 Å². The van der Waals surface area contributed by atoms with Crippen LogP contribution in [0.3, 0.4) is 0 Å². The summed E-state index contributed by atoms with van der Waals surface area (Å²) in [5, 5.41) is 0. The van der Waals surface area contributed by atoms with Gasteiger partial charge < -0.3 is 15.4 Å². The lowest BCUT2D eigenvalue weighted by Gasteiger charge is -2.33. The second kappa shape index (κ2) is 7.63. The Kier molecular flexibility index (Phi) is 5.83. The van der Waals surface area contributed by atoms with E-state index in [0.29, 0.717) is 6.10 Å². The summed E-state index contributed by atoms with van der Waals surface area (Å²) >= 11 is 0. The summed E-state index contributed by atoms with van der Waals surface area (Å²) in [7, 11) is 0. The highest BCUT2D eigenvalue weighted by Gasteiger charge is 2.21. The molecule has 1 aliphatic rings. The van der Waals surface area contributed by atoms with Crippen LogP contribution in [0, 0.1) is 0 Å². The first-order valence-electron chi connectivity index (χ1n) is 7.44. The van der Waals surface area contributed by atoms with E-state index < -0.39 is 0 Å². The lowest BCUT2D eigenvalue weighted by atomic mass is 10.0. The number of hydrogen-bond acceptors (Lipinski definition) is 3. The SMILES string of the molecule is CCCOC1CCN(C[C@H](N)c2ccccc2)CC1. The molecule has 1 fully saturated rings. The smallest absolute Gasteiger partial charge is 0.0599 e. The molecular weight excluding hydrogens is 236 g/mol. The average molecular weight is 262 g/mol. The van der Waals surface area contributed by atoms with Crippen LogP contribution in [0.15, 0.2) is 30.3 Å². The van der Waals surface area contributed by atoms with Crippen LogP contribution in [0.25, 0.3) is 0 Å². The Morgan fingerprint density at radius 2 is 1.95 bits per heavy atom. The highest BCUT2D eigenvalue weighted by Crippen LogP contribution is 2.17. The van der Waals surface area contributed by atoms with Crippen molar-refractivity contribution in [1.29, 1.82) is 0 Å². The molecule has 1 aromatic rings. The Morgan fingerprint density at radius 3 is 2.58 bits per heavy atom. The summed E-state index contributed by atoms with van der Waals surface area (Å²) < 4.78 is 5.81. The summed E-state index contributed by atoms with van der Waals surface area (Å²) in [5.41, 5.74) is 7.50. The monoisotopic (exact) mass is 262 g/mol. The van der Waals surface area contributed by atoms with E-state index >= 15 is 0 Å². The predicted molar refractivity (Wildman–Crippen MR) is 79.1 cm³/mol. The Labute approximate surface area is 116 Å². The van der Waals surface area contributed by atoms with Crippen molar-refractivity contribution in [2.75, 3.05) is 26.2 Å². The van der Waals surface area contributed by atoms with Gasteiger partial charge in [-0.25, -0.2) is 0 Å². The summed E-state index contributed by atoms with van der Waals surface area (Å²) in [6, 6.07) is 10.5. The number of hydrogen-bond donors (Lipinski definition) is 1. The number of rotatable bonds is 6. The Morgan fingerprint density at radius 1 is 1.26 bits per heavy atom. The molecular formula is C16H26N2O. The molecule has 1 aromatic carbocycles. The van der Waals surface area contributed by atoms with Gasteiger partial charge in [-0.1, -0.05) is 37.3 Å². The minimum atomic E-state index is 0.120. The molecule has 106 valence electrons. The topological polar surface area (TPSA) is 38.5 Å². The maximum Gasteiger partial charge on any atom is 0.0599 e. The molecule has 0 bridgehead atoms. The third kappa shape index (κ3) is 4.60. The quantitative estimate of drug-likeness (QED) is 0.856. The third-order valence-corrected chi connectivity index (χ3v) is 3.77. The maximum atomic E-state index is 6.27. The number of nitrogens with two attached hydrogens (primary N) is 1. The van der Waals surface area contributed by atoms with E-state index in [9.17, 15) is 0 Å². The van der Waals surface area contributed by atoms with Gasteiger partial charge in [0.2, 0.25) is 0 Å². The number of piperidine rings is 1. The Balaban J connectivity index is 1.73. The second-order valence-corrected chi connectivity index (χ2v) is 5.39. The van der Waals surface area contributed by atoms with Gasteiger partial charge in [0, 0.05) is 32.3 Å². The minimum absolute atomic E-state index is 0.120. The van der Waals surface area contributed by atoms with Gasteiger partial charge in [0.1, 0.15) is 0 Å². The summed E-state index contributed by atoms with van der Waals surface area (Å²) in [6.07, 6.45) is 3.85. The molecule has 3 nitrogen and oxygen atoms in total. The number of ether oxygens (including phenoxy) is 1. The van der Waals surface area contributed by atoms with Crippen molar-refractivity contribution in [3.63, 3.8) is 0 Å². The lowest BCUT2D eigenvalue weighted by molar-refractivity contribution is 0.00686. The summed E-state index contributed by atoms with van der Waals surface area (Å²) in [5.74, 6) is 0. The van der Waals surface area contributed by atoms with Gasteiger partial charge >= 0.3 is 0 Å². The Bertz CT molecular complexity index is 347. The first kappa shape index (κ1) is 14.5. The van der Waals surface area contributed by atoms with Crippen LogP contribution in [-0.2, 0) is 4.74 Å². The summed E-state index contributed by atoms with van der Waals surface area (Å²) in [4.78, 5) is 2.46. The molecule has 0 unspecified atom stereocenters. The van der Waals surface area contributed by atoms with E-state index in [4.69, 9.17) is 10.5 Å². The van der Waals surface area contributed by atoms with Crippen molar-refractivity contribution in [2.24, 2.45) is 5.73 Å². The molecule has 0 aliphatic carbocycles. The molecule has 0 spiro atoms. The van der Waals surface area contributed by atoms with E-state index in [2.05, 4.69) is 36.1 Å². The van der Waals surface area contributed by atoms with E-state index in [1.807, 2.05) is 6.07 Å². The van der Waals surface area contributed by atoms with Crippen molar-refractivity contribution in [3.8, 4) is 0 Å². The van der Waals surface area contributed by atoms with Crippen molar-refractivity contribution >= 4 is 0 Å². The molecule has 1 heterocycles. The van der Waals surface area contributed by atoms with E-state index in [0.717, 1.165) is 45.5 Å². The fraction of sp³-hybridized carbons (Fsp3) is 0.625. The van der Waals surface area contributed by atoms with Gasteiger partial charge in [-0.3, -0.25) is 0 Å². The molecule has 0 radical (unpaired) electrons. The standard InChI is InChI=1S/C16H26N2O/c1-2-12-19-15-8-10-18(11-9-15)13-16(17)14-6-4-3-5-7-14/h3-7,15-16H,2,8-13,17H2,1H3/t16-/m0/s1. The number of likely N-dealkylation sites (tertiary alicyclic amines) is 1. The van der Waals surface area contributed by atoms with Gasteiger partial charge in [0.15, 0.2) is 0 Å². The number of nitrogens with zero attached hydrogens (tertiary/aromatic N) is 1. The predicted octanol–water partition coefficient (Wildman–Crippen LogP) is 2.58. The van der Waals surface area contributed by atoms with Crippen molar-refractivity contribution in [2.45, 2.75) is 38.3 Å².